The molecule has 2 nitrogen and oxygen atoms in total. The van der Waals surface area contributed by atoms with E-state index in [1.807, 2.05) is 13.8 Å². The van der Waals surface area contributed by atoms with Gasteiger partial charge >= 0.3 is 3.98 Å². The second-order valence-electron chi connectivity index (χ2n) is 8.15. The highest BCUT2D eigenvalue weighted by Gasteiger charge is 2.29. The largest absolute Gasteiger partial charge is 0.447 e. The number of hydrogen-bond acceptors (Lipinski definition) is 2. The molecular weight excluding hydrogens is 375 g/mol. The van der Waals surface area contributed by atoms with Crippen molar-refractivity contribution in [3.63, 3.8) is 0 Å². The van der Waals surface area contributed by atoms with Crippen LogP contribution in [0.25, 0.3) is 0 Å². The first kappa shape index (κ1) is 18.5. The first-order valence-corrected chi connectivity index (χ1v) is 8.36. The molecule has 0 bridgehead atoms. The van der Waals surface area contributed by atoms with Crippen LogP contribution in [0.3, 0.4) is 0 Å². The number of hydrogen-bond donors (Lipinski definition) is 0. The number of carbonyl (C=O) groups excluding carboxylic acids is 1. The Morgan fingerprint density at radius 1 is 0.810 bits per heavy atom. The Morgan fingerprint density at radius 2 is 1.14 bits per heavy atom. The fourth-order valence-electron chi connectivity index (χ4n) is 2.10. The molecule has 0 aliphatic heterocycles. The highest BCUT2D eigenvalue weighted by atomic mass is 127. The first-order valence-electron chi connectivity index (χ1n) is 7.28. The van der Waals surface area contributed by atoms with Gasteiger partial charge < -0.3 is 4.74 Å². The molecule has 1 rings (SSSR count). The predicted molar refractivity (Wildman–Crippen MR) is 97.4 cm³/mol. The highest BCUT2D eigenvalue weighted by molar-refractivity contribution is 14.1. The first-order chi connectivity index (χ1) is 9.23. The predicted octanol–water partition coefficient (Wildman–Crippen LogP) is 6.09. The Labute approximate surface area is 142 Å². The molecule has 0 fully saturated rings. The molecule has 118 valence electrons. The summed E-state index contributed by atoms with van der Waals surface area (Å²) in [4.78, 5) is 11.4. The van der Waals surface area contributed by atoms with Crippen LogP contribution in [0.2, 0.25) is 0 Å². The van der Waals surface area contributed by atoms with Crippen molar-refractivity contribution in [1.29, 1.82) is 0 Å². The minimum absolute atomic E-state index is 0.0560. The van der Waals surface area contributed by atoms with Crippen LogP contribution in [0.15, 0.2) is 18.2 Å². The zero-order valence-corrected chi connectivity index (χ0v) is 16.6. The zero-order chi connectivity index (χ0) is 16.6. The lowest BCUT2D eigenvalue weighted by atomic mass is 9.78. The van der Waals surface area contributed by atoms with Crippen molar-refractivity contribution < 1.29 is 9.53 Å². The Morgan fingerprint density at radius 3 is 1.43 bits per heavy atom. The van der Waals surface area contributed by atoms with Crippen LogP contribution in [-0.2, 0) is 21.2 Å². The molecule has 1 aromatic carbocycles. The lowest BCUT2D eigenvalue weighted by Gasteiger charge is -2.31. The maximum atomic E-state index is 11.4. The van der Waals surface area contributed by atoms with Gasteiger partial charge in [-0.2, -0.15) is 0 Å². The Balaban J connectivity index is 3.49. The van der Waals surface area contributed by atoms with E-state index in [1.165, 1.54) is 11.1 Å². The van der Waals surface area contributed by atoms with E-state index >= 15 is 0 Å². The van der Waals surface area contributed by atoms with Crippen LogP contribution in [0.4, 0.5) is 4.79 Å². The van der Waals surface area contributed by atoms with Crippen LogP contribution >= 0.6 is 22.6 Å². The van der Waals surface area contributed by atoms with Gasteiger partial charge in [0.2, 0.25) is 0 Å². The molecule has 21 heavy (non-hydrogen) atoms. The third kappa shape index (κ3) is 4.97. The van der Waals surface area contributed by atoms with Gasteiger partial charge in [-0.05, 0) is 41.4 Å². The number of carbonyl (C=O) groups is 1. The molecule has 0 saturated heterocycles. The summed E-state index contributed by atoms with van der Waals surface area (Å²) in [6.07, 6.45) is 0. The SMILES string of the molecule is CC(C)(C)c1cc(C(C)(C)C)cc(C(C)(C)OC(=O)I)c1. The summed E-state index contributed by atoms with van der Waals surface area (Å²) < 4.78 is 5.23. The lowest BCUT2D eigenvalue weighted by Crippen LogP contribution is -2.25. The minimum atomic E-state index is -0.625. The van der Waals surface area contributed by atoms with Gasteiger partial charge in [0.1, 0.15) is 5.60 Å². The molecule has 0 aliphatic rings. The molecule has 1 aromatic rings. The average Bonchev–Trinajstić information content (AvgIpc) is 2.24. The lowest BCUT2D eigenvalue weighted by molar-refractivity contribution is 0.0589. The molecule has 0 atom stereocenters. The van der Waals surface area contributed by atoms with E-state index in [9.17, 15) is 4.79 Å². The van der Waals surface area contributed by atoms with Gasteiger partial charge in [-0.1, -0.05) is 59.7 Å². The third-order valence-electron chi connectivity index (χ3n) is 3.70. The monoisotopic (exact) mass is 402 g/mol. The van der Waals surface area contributed by atoms with Gasteiger partial charge in [-0.3, -0.25) is 0 Å². The number of benzene rings is 1. The number of rotatable bonds is 2. The van der Waals surface area contributed by atoms with E-state index in [0.29, 0.717) is 0 Å². The van der Waals surface area contributed by atoms with Crippen molar-refractivity contribution in [2.24, 2.45) is 0 Å². The standard InChI is InChI=1S/C18H27IO2/c1-16(2,3)12-9-13(17(4,5)6)11-14(10-12)18(7,8)21-15(19)20/h9-11H,1-8H3. The van der Waals surface area contributed by atoms with Crippen molar-refractivity contribution in [1.82, 2.24) is 0 Å². The summed E-state index contributed by atoms with van der Waals surface area (Å²) in [5.74, 6) is 0. The second-order valence-corrected chi connectivity index (χ2v) is 9.03. The maximum Gasteiger partial charge on any atom is 0.367 e. The van der Waals surface area contributed by atoms with Gasteiger partial charge in [0.25, 0.3) is 0 Å². The summed E-state index contributed by atoms with van der Waals surface area (Å²) in [5, 5.41) is 0. The molecule has 0 spiro atoms. The van der Waals surface area contributed by atoms with E-state index in [1.54, 1.807) is 22.6 Å². The molecule has 0 unspecified atom stereocenters. The molecule has 3 heteroatoms. The van der Waals surface area contributed by atoms with E-state index in [0.717, 1.165) is 5.56 Å². The number of ether oxygens (including phenoxy) is 1. The van der Waals surface area contributed by atoms with Crippen molar-refractivity contribution in [2.75, 3.05) is 0 Å². The average molecular weight is 402 g/mol. The molecule has 0 saturated carbocycles. The minimum Gasteiger partial charge on any atom is -0.447 e. The molecule has 0 amide bonds. The molecule has 0 N–H and O–H groups in total. The second kappa shape index (κ2) is 5.90. The van der Waals surface area contributed by atoms with Crippen LogP contribution in [-0.4, -0.2) is 3.98 Å². The molecular formula is C18H27IO2. The Hall–Kier alpha value is -0.580. The topological polar surface area (TPSA) is 26.3 Å². The summed E-state index contributed by atoms with van der Waals surface area (Å²) in [6, 6.07) is 6.59. The van der Waals surface area contributed by atoms with E-state index in [4.69, 9.17) is 4.74 Å². The van der Waals surface area contributed by atoms with Gasteiger partial charge in [0, 0.05) is 0 Å². The summed E-state index contributed by atoms with van der Waals surface area (Å²) >= 11 is 1.68. The normalized spacial score (nSPS) is 13.2. The van der Waals surface area contributed by atoms with Crippen molar-refractivity contribution in [3.05, 3.63) is 34.9 Å². The van der Waals surface area contributed by atoms with Crippen molar-refractivity contribution in [3.8, 4) is 0 Å². The van der Waals surface area contributed by atoms with E-state index < -0.39 is 5.60 Å². The van der Waals surface area contributed by atoms with Crippen LogP contribution < -0.4 is 0 Å². The Bertz CT molecular complexity index is 499. The highest BCUT2D eigenvalue weighted by Crippen LogP contribution is 2.35. The van der Waals surface area contributed by atoms with Gasteiger partial charge in [-0.25, -0.2) is 4.79 Å². The van der Waals surface area contributed by atoms with Crippen LogP contribution in [0, 0.1) is 0 Å². The molecule has 0 radical (unpaired) electrons. The summed E-state index contributed by atoms with van der Waals surface area (Å²) in [6.45, 7) is 17.1. The fraction of sp³-hybridized carbons (Fsp3) is 0.611. The Kier molecular flexibility index (Phi) is 5.19. The van der Waals surface area contributed by atoms with Gasteiger partial charge in [0.15, 0.2) is 0 Å². The van der Waals surface area contributed by atoms with Crippen molar-refractivity contribution >= 4 is 26.6 Å². The summed E-state index contributed by atoms with van der Waals surface area (Å²) in [7, 11) is 0. The summed E-state index contributed by atoms with van der Waals surface area (Å²) in [5.41, 5.74) is 3.07. The molecule has 0 aliphatic carbocycles. The maximum absolute atomic E-state index is 11.4. The zero-order valence-electron chi connectivity index (χ0n) is 14.4. The molecule has 0 aromatic heterocycles. The van der Waals surface area contributed by atoms with E-state index in [-0.39, 0.29) is 14.8 Å². The molecule has 0 heterocycles. The van der Waals surface area contributed by atoms with E-state index in [2.05, 4.69) is 59.7 Å². The van der Waals surface area contributed by atoms with Gasteiger partial charge in [0.05, 0.1) is 22.6 Å². The van der Waals surface area contributed by atoms with Crippen molar-refractivity contribution in [2.45, 2.75) is 71.8 Å². The fourth-order valence-corrected chi connectivity index (χ4v) is 2.65. The van der Waals surface area contributed by atoms with Crippen LogP contribution in [0.5, 0.6) is 0 Å². The van der Waals surface area contributed by atoms with Crippen LogP contribution in [0.1, 0.15) is 72.1 Å². The van der Waals surface area contributed by atoms with Gasteiger partial charge in [-0.15, -0.1) is 0 Å². The third-order valence-corrected chi connectivity index (χ3v) is 3.92. The smallest absolute Gasteiger partial charge is 0.367 e. The quantitative estimate of drug-likeness (QED) is 0.442. The number of halogens is 1.